The summed E-state index contributed by atoms with van der Waals surface area (Å²) in [4.78, 5) is 0. The molecule has 0 heterocycles. The normalized spacial score (nSPS) is 14.4. The van der Waals surface area contributed by atoms with Gasteiger partial charge in [-0.3, -0.25) is 0 Å². The number of hydrogen-bond acceptors (Lipinski definition) is 0. The molecule has 0 bridgehead atoms. The van der Waals surface area contributed by atoms with Gasteiger partial charge in [-0.15, -0.1) is 0 Å². The monoisotopic (exact) mass is 347 g/mol. The Morgan fingerprint density at radius 1 is 0.778 bits per heavy atom. The van der Waals surface area contributed by atoms with Gasteiger partial charge < -0.3 is 0 Å². The smallest absolute Gasteiger partial charge is 0.0167 e. The Kier molecular flexibility index (Phi) is 3.86. The maximum absolute atomic E-state index is 2.41. The first kappa shape index (κ1) is 16.3. The van der Waals surface area contributed by atoms with Gasteiger partial charge in [0.2, 0.25) is 0 Å². The van der Waals surface area contributed by atoms with Gasteiger partial charge in [0.1, 0.15) is 0 Å². The van der Waals surface area contributed by atoms with E-state index in [1.54, 1.807) is 0 Å². The van der Waals surface area contributed by atoms with Crippen LogP contribution in [0.1, 0.15) is 31.4 Å². The lowest BCUT2D eigenvalue weighted by Gasteiger charge is -2.15. The number of fused-ring (bicyclic) bond motifs is 3. The van der Waals surface area contributed by atoms with Crippen LogP contribution >= 0.6 is 0 Å². The van der Waals surface area contributed by atoms with E-state index < -0.39 is 0 Å². The van der Waals surface area contributed by atoms with Gasteiger partial charge >= 0.3 is 0 Å². The summed E-state index contributed by atoms with van der Waals surface area (Å²) in [6.07, 6.45) is 5.96. The van der Waals surface area contributed by atoms with Gasteiger partial charge in [0, 0.05) is 6.42 Å². The maximum Gasteiger partial charge on any atom is 0.0167 e. The van der Waals surface area contributed by atoms with Crippen molar-refractivity contribution in [3.05, 3.63) is 95.9 Å². The van der Waals surface area contributed by atoms with Crippen molar-refractivity contribution in [3.8, 4) is 11.1 Å². The summed E-state index contributed by atoms with van der Waals surface area (Å²) in [6.45, 7) is 4.59. The van der Waals surface area contributed by atoms with Crippen LogP contribution in [0.3, 0.4) is 0 Å². The highest BCUT2D eigenvalue weighted by Crippen LogP contribution is 2.43. The van der Waals surface area contributed by atoms with Crippen LogP contribution in [0, 0.1) is 12.3 Å². The van der Waals surface area contributed by atoms with Crippen LogP contribution < -0.4 is 0 Å². The Bertz CT molecular complexity index is 1140. The van der Waals surface area contributed by atoms with E-state index in [1.165, 1.54) is 55.8 Å². The fourth-order valence-electron chi connectivity index (χ4n) is 4.30. The van der Waals surface area contributed by atoms with Crippen LogP contribution in [0.2, 0.25) is 0 Å². The van der Waals surface area contributed by atoms with Crippen molar-refractivity contribution in [1.82, 2.24) is 0 Å². The molecule has 0 heteroatoms. The van der Waals surface area contributed by atoms with Crippen LogP contribution in [0.25, 0.3) is 38.7 Å². The van der Waals surface area contributed by atoms with E-state index in [0.29, 0.717) is 5.92 Å². The lowest BCUT2D eigenvalue weighted by Crippen LogP contribution is -1.95. The van der Waals surface area contributed by atoms with E-state index in [2.05, 4.69) is 99.1 Å². The molecule has 0 amide bonds. The maximum atomic E-state index is 2.41. The number of benzene rings is 4. The molecular formula is C27H23. The van der Waals surface area contributed by atoms with Crippen molar-refractivity contribution in [2.24, 2.45) is 5.92 Å². The van der Waals surface area contributed by atoms with E-state index in [9.17, 15) is 0 Å². The van der Waals surface area contributed by atoms with Gasteiger partial charge in [-0.05, 0) is 62.2 Å². The molecule has 27 heavy (non-hydrogen) atoms. The SMILES string of the molecule is CCC(C)C1=Cc2c(cccc2-c2c3ccccc3cc3ccccc23)[CH]1. The number of hydrogen-bond donors (Lipinski definition) is 0. The van der Waals surface area contributed by atoms with Crippen molar-refractivity contribution in [3.63, 3.8) is 0 Å². The summed E-state index contributed by atoms with van der Waals surface area (Å²) in [7, 11) is 0. The first-order chi connectivity index (χ1) is 13.3. The second-order valence-electron chi connectivity index (χ2n) is 7.60. The van der Waals surface area contributed by atoms with E-state index in [1.807, 2.05) is 0 Å². The molecule has 0 aliphatic heterocycles. The molecule has 0 aromatic heterocycles. The van der Waals surface area contributed by atoms with Crippen LogP contribution in [0.5, 0.6) is 0 Å². The van der Waals surface area contributed by atoms with Gasteiger partial charge in [-0.1, -0.05) is 92.2 Å². The zero-order valence-corrected chi connectivity index (χ0v) is 15.9. The molecule has 1 radical (unpaired) electrons. The quantitative estimate of drug-likeness (QED) is 0.334. The van der Waals surface area contributed by atoms with E-state index in [-0.39, 0.29) is 0 Å². The predicted molar refractivity (Wildman–Crippen MR) is 118 cm³/mol. The van der Waals surface area contributed by atoms with Crippen molar-refractivity contribution in [1.29, 1.82) is 0 Å². The molecule has 4 aromatic carbocycles. The Morgan fingerprint density at radius 3 is 2.11 bits per heavy atom. The number of allylic oxidation sites excluding steroid dienone is 1. The minimum absolute atomic E-state index is 0.592. The minimum Gasteiger partial charge on any atom is -0.0648 e. The molecule has 131 valence electrons. The van der Waals surface area contributed by atoms with E-state index >= 15 is 0 Å². The van der Waals surface area contributed by atoms with Crippen LogP contribution in [0.15, 0.2) is 78.4 Å². The molecule has 0 saturated heterocycles. The topological polar surface area (TPSA) is 0 Å². The zero-order chi connectivity index (χ0) is 18.4. The lowest BCUT2D eigenvalue weighted by atomic mass is 9.89. The summed E-state index contributed by atoms with van der Waals surface area (Å²) in [5.74, 6) is 0.592. The molecule has 0 saturated carbocycles. The molecule has 0 fully saturated rings. The van der Waals surface area contributed by atoms with Crippen LogP contribution in [-0.2, 0) is 0 Å². The van der Waals surface area contributed by atoms with E-state index in [0.717, 1.165) is 0 Å². The van der Waals surface area contributed by atoms with Crippen molar-refractivity contribution >= 4 is 27.6 Å². The van der Waals surface area contributed by atoms with Gasteiger partial charge in [0.15, 0.2) is 0 Å². The Hall–Kier alpha value is -2.86. The Morgan fingerprint density at radius 2 is 1.44 bits per heavy atom. The van der Waals surface area contributed by atoms with Crippen molar-refractivity contribution < 1.29 is 0 Å². The second kappa shape index (κ2) is 6.39. The zero-order valence-electron chi connectivity index (χ0n) is 15.9. The minimum atomic E-state index is 0.592. The Balaban J connectivity index is 1.86. The third-order valence-electron chi connectivity index (χ3n) is 6.00. The third kappa shape index (κ3) is 2.59. The standard InChI is InChI=1S/C27H23/c1-3-18(2)22-16-21-11-8-14-25(26(21)17-22)27-23-12-6-4-9-19(23)15-20-10-5-7-13-24(20)27/h4-18H,3H2,1-2H3. The second-order valence-corrected chi connectivity index (χ2v) is 7.60. The highest BCUT2D eigenvalue weighted by molar-refractivity contribution is 6.14. The molecule has 5 rings (SSSR count). The van der Waals surface area contributed by atoms with Gasteiger partial charge in [-0.2, -0.15) is 0 Å². The number of rotatable bonds is 3. The van der Waals surface area contributed by atoms with Gasteiger partial charge in [-0.25, -0.2) is 0 Å². The van der Waals surface area contributed by atoms with Crippen LogP contribution in [0.4, 0.5) is 0 Å². The fraction of sp³-hybridized carbons (Fsp3) is 0.148. The Labute approximate surface area is 161 Å². The fourth-order valence-corrected chi connectivity index (χ4v) is 4.30. The average molecular weight is 347 g/mol. The van der Waals surface area contributed by atoms with Crippen LogP contribution in [-0.4, -0.2) is 0 Å². The van der Waals surface area contributed by atoms with Crippen molar-refractivity contribution in [2.45, 2.75) is 20.3 Å². The molecule has 1 unspecified atom stereocenters. The molecule has 1 atom stereocenters. The first-order valence-electron chi connectivity index (χ1n) is 9.86. The highest BCUT2D eigenvalue weighted by atomic mass is 14.2. The summed E-state index contributed by atoms with van der Waals surface area (Å²) in [5.41, 5.74) is 6.87. The summed E-state index contributed by atoms with van der Waals surface area (Å²) < 4.78 is 0. The van der Waals surface area contributed by atoms with Gasteiger partial charge in [0.25, 0.3) is 0 Å². The molecule has 1 aliphatic rings. The molecule has 0 spiro atoms. The molecule has 0 N–H and O–H groups in total. The highest BCUT2D eigenvalue weighted by Gasteiger charge is 2.21. The summed E-state index contributed by atoms with van der Waals surface area (Å²) in [6, 6.07) is 26.6. The molecule has 4 aromatic rings. The first-order valence-corrected chi connectivity index (χ1v) is 9.86. The molecule has 0 nitrogen and oxygen atoms in total. The van der Waals surface area contributed by atoms with E-state index in [4.69, 9.17) is 0 Å². The van der Waals surface area contributed by atoms with Crippen molar-refractivity contribution in [2.75, 3.05) is 0 Å². The predicted octanol–water partition coefficient (Wildman–Crippen LogP) is 7.66. The molecular weight excluding hydrogens is 324 g/mol. The summed E-state index contributed by atoms with van der Waals surface area (Å²) in [5, 5.41) is 5.26. The summed E-state index contributed by atoms with van der Waals surface area (Å²) >= 11 is 0. The molecule has 1 aliphatic carbocycles. The van der Waals surface area contributed by atoms with Gasteiger partial charge in [0.05, 0.1) is 0 Å². The largest absolute Gasteiger partial charge is 0.0648 e. The third-order valence-corrected chi connectivity index (χ3v) is 6.00. The average Bonchev–Trinajstić information content (AvgIpc) is 3.16. The lowest BCUT2D eigenvalue weighted by molar-refractivity contribution is 0.669.